The van der Waals surface area contributed by atoms with Gasteiger partial charge in [0.25, 0.3) is 0 Å². The Morgan fingerprint density at radius 3 is 2.46 bits per heavy atom. The molecule has 1 aliphatic rings. The van der Waals surface area contributed by atoms with Crippen molar-refractivity contribution in [3.8, 4) is 11.4 Å². The van der Waals surface area contributed by atoms with Gasteiger partial charge in [-0.2, -0.15) is 0 Å². The van der Waals surface area contributed by atoms with Crippen molar-refractivity contribution in [3.05, 3.63) is 30.1 Å². The average Bonchev–Trinajstić information content (AvgIpc) is 2.99. The van der Waals surface area contributed by atoms with Crippen LogP contribution in [0.2, 0.25) is 0 Å². The molecule has 26 heavy (non-hydrogen) atoms. The topological polar surface area (TPSA) is 60.2 Å². The van der Waals surface area contributed by atoms with E-state index < -0.39 is 0 Å². The number of amides is 1. The number of hydrogen-bond acceptors (Lipinski definition) is 5. The van der Waals surface area contributed by atoms with Crippen LogP contribution in [0, 0.1) is 18.8 Å². The van der Waals surface area contributed by atoms with Crippen molar-refractivity contribution < 1.29 is 9.53 Å². The van der Waals surface area contributed by atoms with Crippen LogP contribution in [0.3, 0.4) is 0 Å². The predicted molar refractivity (Wildman–Crippen MR) is 103 cm³/mol. The summed E-state index contributed by atoms with van der Waals surface area (Å²) in [5.41, 5.74) is 0.962. The van der Waals surface area contributed by atoms with Gasteiger partial charge in [0.1, 0.15) is 11.6 Å². The van der Waals surface area contributed by atoms with Crippen molar-refractivity contribution in [1.82, 2.24) is 19.7 Å². The summed E-state index contributed by atoms with van der Waals surface area (Å²) in [5, 5.41) is 9.18. The summed E-state index contributed by atoms with van der Waals surface area (Å²) < 4.78 is 7.19. The summed E-state index contributed by atoms with van der Waals surface area (Å²) >= 11 is 1.44. The molecule has 0 spiro atoms. The lowest BCUT2D eigenvalue weighted by molar-refractivity contribution is -0.130. The number of nitrogens with zero attached hydrogens (tertiary/aromatic N) is 4. The van der Waals surface area contributed by atoms with Crippen molar-refractivity contribution in [2.24, 2.45) is 11.8 Å². The molecule has 140 valence electrons. The number of carbonyl (C=O) groups is 1. The molecule has 1 fully saturated rings. The van der Waals surface area contributed by atoms with Gasteiger partial charge in [-0.05, 0) is 49.4 Å². The highest BCUT2D eigenvalue weighted by atomic mass is 32.2. The molecule has 1 saturated heterocycles. The van der Waals surface area contributed by atoms with E-state index in [2.05, 4.69) is 24.0 Å². The second-order valence-electron chi connectivity index (χ2n) is 7.10. The fraction of sp³-hybridized carbons (Fsp3) is 0.526. The molecule has 1 amide bonds. The molecule has 0 N–H and O–H groups in total. The molecule has 1 aromatic heterocycles. The molecule has 2 unspecified atom stereocenters. The molecule has 6 nitrogen and oxygen atoms in total. The van der Waals surface area contributed by atoms with Crippen molar-refractivity contribution in [2.45, 2.75) is 32.3 Å². The summed E-state index contributed by atoms with van der Waals surface area (Å²) in [6.45, 7) is 8.05. The molecule has 1 aromatic carbocycles. The Hall–Kier alpha value is -2.02. The lowest BCUT2D eigenvalue weighted by Gasteiger charge is -2.34. The maximum atomic E-state index is 12.6. The SMILES string of the molecule is COc1ccc(-n2c(C)nnc2SCC(=O)N2CC(C)CC(C)C2)cc1. The van der Waals surface area contributed by atoms with E-state index in [0.717, 1.165) is 35.5 Å². The first-order valence-electron chi connectivity index (χ1n) is 8.95. The zero-order valence-electron chi connectivity index (χ0n) is 15.8. The van der Waals surface area contributed by atoms with Gasteiger partial charge < -0.3 is 9.64 Å². The molecule has 0 aliphatic carbocycles. The smallest absolute Gasteiger partial charge is 0.233 e. The van der Waals surface area contributed by atoms with E-state index >= 15 is 0 Å². The Labute approximate surface area is 158 Å². The number of aryl methyl sites for hydroxylation is 1. The second-order valence-corrected chi connectivity index (χ2v) is 8.04. The number of ether oxygens (including phenoxy) is 1. The molecule has 7 heteroatoms. The summed E-state index contributed by atoms with van der Waals surface area (Å²) in [6.07, 6.45) is 1.20. The Morgan fingerprint density at radius 1 is 1.19 bits per heavy atom. The van der Waals surface area contributed by atoms with Gasteiger partial charge in [-0.3, -0.25) is 9.36 Å². The fourth-order valence-electron chi connectivity index (χ4n) is 3.55. The largest absolute Gasteiger partial charge is 0.497 e. The number of piperidine rings is 1. The van der Waals surface area contributed by atoms with Gasteiger partial charge in [0, 0.05) is 18.8 Å². The lowest BCUT2D eigenvalue weighted by Crippen LogP contribution is -2.43. The van der Waals surface area contributed by atoms with Crippen LogP contribution in [0.4, 0.5) is 0 Å². The first-order chi connectivity index (χ1) is 12.5. The summed E-state index contributed by atoms with van der Waals surface area (Å²) in [5.74, 6) is 3.29. The quantitative estimate of drug-likeness (QED) is 0.752. The van der Waals surface area contributed by atoms with Crippen LogP contribution in [0.25, 0.3) is 5.69 Å². The minimum atomic E-state index is 0.176. The number of methoxy groups -OCH3 is 1. The molecule has 2 aromatic rings. The van der Waals surface area contributed by atoms with Gasteiger partial charge in [0.15, 0.2) is 5.16 Å². The first kappa shape index (κ1) is 18.8. The number of thioether (sulfide) groups is 1. The van der Waals surface area contributed by atoms with Crippen LogP contribution >= 0.6 is 11.8 Å². The Kier molecular flexibility index (Phi) is 5.86. The van der Waals surface area contributed by atoms with E-state index in [9.17, 15) is 4.79 Å². The minimum absolute atomic E-state index is 0.176. The maximum absolute atomic E-state index is 12.6. The highest BCUT2D eigenvalue weighted by Crippen LogP contribution is 2.25. The molecule has 2 atom stereocenters. The van der Waals surface area contributed by atoms with E-state index in [1.165, 1.54) is 18.2 Å². The second kappa shape index (κ2) is 8.12. The van der Waals surface area contributed by atoms with Crippen molar-refractivity contribution in [2.75, 3.05) is 26.0 Å². The standard InChI is InChI=1S/C19H26N4O2S/c1-13-9-14(2)11-22(10-13)18(24)12-26-19-21-20-15(3)23(19)16-5-7-17(25-4)8-6-16/h5-8,13-14H,9-12H2,1-4H3. The Bertz CT molecular complexity index is 749. The van der Waals surface area contributed by atoms with E-state index in [1.54, 1.807) is 7.11 Å². The van der Waals surface area contributed by atoms with Gasteiger partial charge in [-0.25, -0.2) is 0 Å². The molecular formula is C19H26N4O2S. The van der Waals surface area contributed by atoms with E-state index in [0.29, 0.717) is 17.6 Å². The van der Waals surface area contributed by atoms with Crippen LogP contribution < -0.4 is 4.74 Å². The predicted octanol–water partition coefficient (Wildman–Crippen LogP) is 3.18. The molecule has 3 rings (SSSR count). The van der Waals surface area contributed by atoms with E-state index in [4.69, 9.17) is 4.74 Å². The number of aromatic nitrogens is 3. The molecule has 1 aliphatic heterocycles. The van der Waals surface area contributed by atoms with E-state index in [1.807, 2.05) is 40.7 Å². The molecular weight excluding hydrogens is 348 g/mol. The Balaban J connectivity index is 1.69. The van der Waals surface area contributed by atoms with Gasteiger partial charge in [0.2, 0.25) is 5.91 Å². The molecule has 0 saturated carbocycles. The van der Waals surface area contributed by atoms with Crippen LogP contribution in [0.1, 0.15) is 26.1 Å². The van der Waals surface area contributed by atoms with Gasteiger partial charge in [-0.15, -0.1) is 10.2 Å². The molecule has 2 heterocycles. The third-order valence-electron chi connectivity index (χ3n) is 4.67. The highest BCUT2D eigenvalue weighted by Gasteiger charge is 2.25. The summed E-state index contributed by atoms with van der Waals surface area (Å²) in [4.78, 5) is 14.6. The minimum Gasteiger partial charge on any atom is -0.497 e. The number of carbonyl (C=O) groups excluding carboxylic acids is 1. The maximum Gasteiger partial charge on any atom is 0.233 e. The van der Waals surface area contributed by atoms with Crippen molar-refractivity contribution in [1.29, 1.82) is 0 Å². The van der Waals surface area contributed by atoms with Crippen LogP contribution in [-0.2, 0) is 4.79 Å². The van der Waals surface area contributed by atoms with Gasteiger partial charge >= 0.3 is 0 Å². The Morgan fingerprint density at radius 2 is 1.85 bits per heavy atom. The third kappa shape index (κ3) is 4.20. The zero-order valence-corrected chi connectivity index (χ0v) is 16.6. The van der Waals surface area contributed by atoms with Crippen LogP contribution in [-0.4, -0.2) is 51.5 Å². The summed E-state index contributed by atoms with van der Waals surface area (Å²) in [6, 6.07) is 7.75. The third-order valence-corrected chi connectivity index (χ3v) is 5.59. The average molecular weight is 375 g/mol. The monoisotopic (exact) mass is 374 g/mol. The summed E-state index contributed by atoms with van der Waals surface area (Å²) in [7, 11) is 1.65. The number of hydrogen-bond donors (Lipinski definition) is 0. The molecule has 0 bridgehead atoms. The normalized spacial score (nSPS) is 20.2. The van der Waals surface area contributed by atoms with E-state index in [-0.39, 0.29) is 5.91 Å². The fourth-order valence-corrected chi connectivity index (χ4v) is 4.45. The highest BCUT2D eigenvalue weighted by molar-refractivity contribution is 7.99. The number of likely N-dealkylation sites (tertiary alicyclic amines) is 1. The first-order valence-corrected chi connectivity index (χ1v) is 9.93. The number of benzene rings is 1. The van der Waals surface area contributed by atoms with Crippen LogP contribution in [0.15, 0.2) is 29.4 Å². The molecule has 0 radical (unpaired) electrons. The number of rotatable bonds is 5. The van der Waals surface area contributed by atoms with Crippen molar-refractivity contribution >= 4 is 17.7 Å². The van der Waals surface area contributed by atoms with Crippen LogP contribution in [0.5, 0.6) is 5.75 Å². The zero-order chi connectivity index (χ0) is 18.7. The van der Waals surface area contributed by atoms with Crippen molar-refractivity contribution in [3.63, 3.8) is 0 Å². The van der Waals surface area contributed by atoms with Gasteiger partial charge in [0.05, 0.1) is 12.9 Å². The van der Waals surface area contributed by atoms with Gasteiger partial charge in [-0.1, -0.05) is 25.6 Å². The lowest BCUT2D eigenvalue weighted by atomic mass is 9.92.